The van der Waals surface area contributed by atoms with Crippen LogP contribution in [0.3, 0.4) is 0 Å². The van der Waals surface area contributed by atoms with Crippen molar-refractivity contribution in [3.63, 3.8) is 0 Å². The summed E-state index contributed by atoms with van der Waals surface area (Å²) in [6.07, 6.45) is 2.18. The van der Waals surface area contributed by atoms with Gasteiger partial charge in [-0.2, -0.15) is 0 Å². The number of aliphatic hydroxyl groups excluding tert-OH is 1. The second-order valence-electron chi connectivity index (χ2n) is 3.88. The van der Waals surface area contributed by atoms with Crippen molar-refractivity contribution in [1.29, 1.82) is 0 Å². The molecule has 2 nitrogen and oxygen atoms in total. The van der Waals surface area contributed by atoms with Crippen LogP contribution in [-0.2, 0) is 12.0 Å². The average molecular weight is 194 g/mol. The highest BCUT2D eigenvalue weighted by atomic mass is 16.3. The van der Waals surface area contributed by atoms with Crippen LogP contribution in [-0.4, -0.2) is 16.8 Å². The second-order valence-corrected chi connectivity index (χ2v) is 3.88. The van der Waals surface area contributed by atoms with E-state index in [0.717, 1.165) is 18.4 Å². The Morgan fingerprint density at radius 3 is 2.21 bits per heavy atom. The van der Waals surface area contributed by atoms with Gasteiger partial charge in [-0.05, 0) is 24.5 Å². The Morgan fingerprint density at radius 2 is 1.79 bits per heavy atom. The highest BCUT2D eigenvalue weighted by Crippen LogP contribution is 2.20. The number of hydrogen-bond acceptors (Lipinski definition) is 2. The predicted octanol–water partition coefficient (Wildman–Crippen LogP) is 1.84. The van der Waals surface area contributed by atoms with Crippen LogP contribution < -0.4 is 0 Å². The van der Waals surface area contributed by atoms with E-state index in [2.05, 4.69) is 6.92 Å². The standard InChI is InChI=1S/C12H18O2/c1-3-4-10-5-7-11(8-6-10)12(2,14)9-13/h5-8,13-14H,3-4,9H2,1-2H3. The molecule has 1 aromatic rings. The topological polar surface area (TPSA) is 40.5 Å². The quantitative estimate of drug-likeness (QED) is 0.767. The minimum Gasteiger partial charge on any atom is -0.393 e. The van der Waals surface area contributed by atoms with Crippen LogP contribution in [0.2, 0.25) is 0 Å². The molecule has 0 fully saturated rings. The Bertz CT molecular complexity index is 275. The Morgan fingerprint density at radius 1 is 1.21 bits per heavy atom. The summed E-state index contributed by atoms with van der Waals surface area (Å²) in [5.74, 6) is 0. The molecule has 1 atom stereocenters. The minimum absolute atomic E-state index is 0.250. The average Bonchev–Trinajstić information content (AvgIpc) is 2.19. The molecule has 0 aliphatic rings. The summed E-state index contributed by atoms with van der Waals surface area (Å²) in [4.78, 5) is 0. The summed E-state index contributed by atoms with van der Waals surface area (Å²) in [6.45, 7) is 3.50. The lowest BCUT2D eigenvalue weighted by atomic mass is 9.95. The molecule has 1 aromatic carbocycles. The third kappa shape index (κ3) is 2.56. The van der Waals surface area contributed by atoms with Gasteiger partial charge in [0.2, 0.25) is 0 Å². The Kier molecular flexibility index (Phi) is 3.67. The first kappa shape index (κ1) is 11.2. The van der Waals surface area contributed by atoms with Crippen molar-refractivity contribution >= 4 is 0 Å². The maximum Gasteiger partial charge on any atom is 0.110 e. The molecule has 0 aromatic heterocycles. The van der Waals surface area contributed by atoms with Gasteiger partial charge in [0.1, 0.15) is 5.60 Å². The van der Waals surface area contributed by atoms with Gasteiger partial charge < -0.3 is 10.2 Å². The van der Waals surface area contributed by atoms with Gasteiger partial charge in [-0.3, -0.25) is 0 Å². The fourth-order valence-corrected chi connectivity index (χ4v) is 1.41. The van der Waals surface area contributed by atoms with Crippen molar-refractivity contribution in [2.75, 3.05) is 6.61 Å². The van der Waals surface area contributed by atoms with Gasteiger partial charge in [0, 0.05) is 0 Å². The molecule has 0 saturated heterocycles. The summed E-state index contributed by atoms with van der Waals surface area (Å²) in [7, 11) is 0. The molecular formula is C12H18O2. The first-order valence-corrected chi connectivity index (χ1v) is 5.03. The Hall–Kier alpha value is -0.860. The van der Waals surface area contributed by atoms with Crippen LogP contribution in [0.25, 0.3) is 0 Å². The summed E-state index contributed by atoms with van der Waals surface area (Å²) in [6, 6.07) is 7.76. The molecule has 0 heterocycles. The van der Waals surface area contributed by atoms with E-state index in [4.69, 9.17) is 5.11 Å². The normalized spacial score (nSPS) is 15.1. The second kappa shape index (κ2) is 4.58. The van der Waals surface area contributed by atoms with Crippen LogP contribution in [0, 0.1) is 0 Å². The lowest BCUT2D eigenvalue weighted by Crippen LogP contribution is -2.25. The smallest absolute Gasteiger partial charge is 0.110 e. The molecule has 0 aliphatic heterocycles. The van der Waals surface area contributed by atoms with Gasteiger partial charge in [0.25, 0.3) is 0 Å². The van der Waals surface area contributed by atoms with Crippen molar-refractivity contribution in [2.24, 2.45) is 0 Å². The Labute approximate surface area is 85.2 Å². The van der Waals surface area contributed by atoms with E-state index in [1.54, 1.807) is 6.92 Å². The van der Waals surface area contributed by atoms with Gasteiger partial charge in [0.15, 0.2) is 0 Å². The maximum absolute atomic E-state index is 9.77. The zero-order valence-electron chi connectivity index (χ0n) is 8.83. The van der Waals surface area contributed by atoms with Crippen LogP contribution in [0.5, 0.6) is 0 Å². The van der Waals surface area contributed by atoms with Gasteiger partial charge in [-0.15, -0.1) is 0 Å². The number of aliphatic hydroxyl groups is 2. The number of rotatable bonds is 4. The molecule has 1 rings (SSSR count). The summed E-state index contributed by atoms with van der Waals surface area (Å²) < 4.78 is 0. The van der Waals surface area contributed by atoms with Crippen LogP contribution in [0.1, 0.15) is 31.4 Å². The van der Waals surface area contributed by atoms with Gasteiger partial charge in [-0.25, -0.2) is 0 Å². The lowest BCUT2D eigenvalue weighted by Gasteiger charge is -2.20. The number of aryl methyl sites for hydroxylation is 1. The molecule has 0 saturated carbocycles. The van der Waals surface area contributed by atoms with E-state index in [9.17, 15) is 5.11 Å². The van der Waals surface area contributed by atoms with Crippen LogP contribution in [0.4, 0.5) is 0 Å². The SMILES string of the molecule is CCCc1ccc(C(C)(O)CO)cc1. The molecule has 14 heavy (non-hydrogen) atoms. The molecule has 78 valence electrons. The largest absolute Gasteiger partial charge is 0.393 e. The number of hydrogen-bond donors (Lipinski definition) is 2. The third-order valence-electron chi connectivity index (χ3n) is 2.42. The van der Waals surface area contributed by atoms with Crippen LogP contribution >= 0.6 is 0 Å². The highest BCUT2D eigenvalue weighted by molar-refractivity contribution is 5.26. The zero-order valence-corrected chi connectivity index (χ0v) is 8.83. The summed E-state index contributed by atoms with van der Waals surface area (Å²) in [5.41, 5.74) is 0.912. The molecular weight excluding hydrogens is 176 g/mol. The highest BCUT2D eigenvalue weighted by Gasteiger charge is 2.21. The van der Waals surface area contributed by atoms with E-state index in [1.807, 2.05) is 24.3 Å². The van der Waals surface area contributed by atoms with E-state index >= 15 is 0 Å². The molecule has 0 radical (unpaired) electrons. The van der Waals surface area contributed by atoms with Crippen molar-refractivity contribution < 1.29 is 10.2 Å². The van der Waals surface area contributed by atoms with E-state index in [1.165, 1.54) is 5.56 Å². The molecule has 0 bridgehead atoms. The minimum atomic E-state index is -1.12. The lowest BCUT2D eigenvalue weighted by molar-refractivity contribution is -0.00229. The van der Waals surface area contributed by atoms with Crippen molar-refractivity contribution in [3.05, 3.63) is 35.4 Å². The van der Waals surface area contributed by atoms with E-state index in [0.29, 0.717) is 0 Å². The maximum atomic E-state index is 9.77. The van der Waals surface area contributed by atoms with Gasteiger partial charge in [0.05, 0.1) is 6.61 Å². The third-order valence-corrected chi connectivity index (χ3v) is 2.42. The fraction of sp³-hybridized carbons (Fsp3) is 0.500. The Balaban J connectivity index is 2.82. The zero-order chi connectivity index (χ0) is 10.6. The van der Waals surface area contributed by atoms with Gasteiger partial charge >= 0.3 is 0 Å². The first-order chi connectivity index (χ1) is 6.60. The molecule has 2 heteroatoms. The molecule has 1 unspecified atom stereocenters. The van der Waals surface area contributed by atoms with Gasteiger partial charge in [-0.1, -0.05) is 37.6 Å². The van der Waals surface area contributed by atoms with E-state index in [-0.39, 0.29) is 6.61 Å². The van der Waals surface area contributed by atoms with Crippen molar-refractivity contribution in [3.8, 4) is 0 Å². The van der Waals surface area contributed by atoms with Crippen molar-refractivity contribution in [2.45, 2.75) is 32.3 Å². The van der Waals surface area contributed by atoms with E-state index < -0.39 is 5.60 Å². The summed E-state index contributed by atoms with van der Waals surface area (Å²) in [5, 5.41) is 18.7. The predicted molar refractivity (Wildman–Crippen MR) is 57.1 cm³/mol. The van der Waals surface area contributed by atoms with Crippen LogP contribution in [0.15, 0.2) is 24.3 Å². The molecule has 0 amide bonds. The summed E-state index contributed by atoms with van der Waals surface area (Å²) >= 11 is 0. The fourth-order valence-electron chi connectivity index (χ4n) is 1.41. The first-order valence-electron chi connectivity index (χ1n) is 5.03. The molecule has 0 aliphatic carbocycles. The van der Waals surface area contributed by atoms with Crippen molar-refractivity contribution in [1.82, 2.24) is 0 Å². The molecule has 2 N–H and O–H groups in total. The number of benzene rings is 1. The monoisotopic (exact) mass is 194 g/mol. The molecule has 0 spiro atoms.